The molecule has 0 unspecified atom stereocenters. The molecule has 0 bridgehead atoms. The molecule has 0 fully saturated rings. The number of anilines is 2. The summed E-state index contributed by atoms with van der Waals surface area (Å²) in [6.45, 7) is 1.58. The Hall–Kier alpha value is -3.23. The maximum atomic E-state index is 13.1. The first-order chi connectivity index (χ1) is 14.3. The van der Waals surface area contributed by atoms with E-state index in [1.807, 2.05) is 0 Å². The molecule has 0 aliphatic heterocycles. The van der Waals surface area contributed by atoms with E-state index < -0.39 is 23.6 Å². The Bertz CT molecular complexity index is 1110. The third kappa shape index (κ3) is 4.67. The third-order valence-electron chi connectivity index (χ3n) is 4.18. The number of esters is 1. The highest BCUT2D eigenvalue weighted by atomic mass is 35.5. The van der Waals surface area contributed by atoms with Crippen molar-refractivity contribution in [1.29, 1.82) is 0 Å². The van der Waals surface area contributed by atoms with Crippen LogP contribution in [0.4, 0.5) is 15.1 Å². The van der Waals surface area contributed by atoms with E-state index in [2.05, 4.69) is 10.6 Å². The van der Waals surface area contributed by atoms with Gasteiger partial charge in [-0.25, -0.2) is 9.18 Å². The molecule has 3 rings (SSSR count). The molecular weight excluding hydrogens is 431 g/mol. The van der Waals surface area contributed by atoms with Crippen LogP contribution in [0.1, 0.15) is 36.0 Å². The van der Waals surface area contributed by atoms with Crippen LogP contribution in [0, 0.1) is 12.7 Å². The Kier molecular flexibility index (Phi) is 6.49. The lowest BCUT2D eigenvalue weighted by Gasteiger charge is -2.06. The van der Waals surface area contributed by atoms with Gasteiger partial charge in [-0.05, 0) is 61.0 Å². The summed E-state index contributed by atoms with van der Waals surface area (Å²) in [5.41, 5.74) is 1.17. The van der Waals surface area contributed by atoms with Crippen molar-refractivity contribution in [3.05, 3.63) is 80.9 Å². The summed E-state index contributed by atoms with van der Waals surface area (Å²) >= 11 is 6.78. The Morgan fingerprint density at radius 2 is 1.60 bits per heavy atom. The standard InChI is InChI=1S/C21H16ClFN2O4S/c1-11-16(21(28)29-2)20(25-18(26)12-3-5-13(22)6-4-12)30-17(11)19(27)24-15-9-7-14(23)8-10-15/h3-10H,1-2H3,(H,24,27)(H,25,26). The maximum Gasteiger partial charge on any atom is 0.341 e. The number of rotatable bonds is 5. The number of carbonyl (C=O) groups is 3. The Morgan fingerprint density at radius 3 is 2.20 bits per heavy atom. The number of hydrogen-bond acceptors (Lipinski definition) is 5. The van der Waals surface area contributed by atoms with Crippen molar-refractivity contribution in [1.82, 2.24) is 0 Å². The molecule has 30 heavy (non-hydrogen) atoms. The Morgan fingerprint density at radius 1 is 0.967 bits per heavy atom. The van der Waals surface area contributed by atoms with Crippen molar-refractivity contribution in [2.24, 2.45) is 0 Å². The molecule has 2 amide bonds. The van der Waals surface area contributed by atoms with Crippen LogP contribution < -0.4 is 10.6 Å². The zero-order chi connectivity index (χ0) is 21.8. The van der Waals surface area contributed by atoms with Gasteiger partial charge in [0.15, 0.2) is 0 Å². The second-order valence-electron chi connectivity index (χ2n) is 6.17. The van der Waals surface area contributed by atoms with Crippen molar-refractivity contribution < 1.29 is 23.5 Å². The van der Waals surface area contributed by atoms with Crippen LogP contribution in [-0.2, 0) is 4.74 Å². The van der Waals surface area contributed by atoms with E-state index in [1.54, 1.807) is 19.1 Å². The van der Waals surface area contributed by atoms with Gasteiger partial charge in [-0.1, -0.05) is 11.6 Å². The minimum Gasteiger partial charge on any atom is -0.465 e. The molecule has 0 saturated heterocycles. The minimum absolute atomic E-state index is 0.0917. The highest BCUT2D eigenvalue weighted by Crippen LogP contribution is 2.34. The SMILES string of the molecule is COC(=O)c1c(NC(=O)c2ccc(Cl)cc2)sc(C(=O)Nc2ccc(F)cc2)c1C. The molecule has 0 aliphatic carbocycles. The van der Waals surface area contributed by atoms with Crippen molar-refractivity contribution in [3.8, 4) is 0 Å². The zero-order valence-electron chi connectivity index (χ0n) is 15.9. The van der Waals surface area contributed by atoms with Crippen molar-refractivity contribution in [2.45, 2.75) is 6.92 Å². The number of halogens is 2. The molecule has 1 heterocycles. The fourth-order valence-corrected chi connectivity index (χ4v) is 3.87. The Labute approximate surface area is 180 Å². The number of ether oxygens (including phenoxy) is 1. The summed E-state index contributed by atoms with van der Waals surface area (Å²) in [4.78, 5) is 37.8. The van der Waals surface area contributed by atoms with Gasteiger partial charge in [0.2, 0.25) is 0 Å². The fraction of sp³-hybridized carbons (Fsp3) is 0.0952. The predicted molar refractivity (Wildman–Crippen MR) is 114 cm³/mol. The van der Waals surface area contributed by atoms with E-state index in [4.69, 9.17) is 16.3 Å². The topological polar surface area (TPSA) is 84.5 Å². The average Bonchev–Trinajstić information content (AvgIpc) is 3.05. The summed E-state index contributed by atoms with van der Waals surface area (Å²) in [7, 11) is 1.21. The number of hydrogen-bond donors (Lipinski definition) is 2. The second-order valence-corrected chi connectivity index (χ2v) is 7.63. The normalized spacial score (nSPS) is 10.4. The van der Waals surface area contributed by atoms with Crippen LogP contribution in [0.5, 0.6) is 0 Å². The van der Waals surface area contributed by atoms with E-state index in [0.29, 0.717) is 21.8 Å². The number of methoxy groups -OCH3 is 1. The van der Waals surface area contributed by atoms with E-state index in [9.17, 15) is 18.8 Å². The van der Waals surface area contributed by atoms with Gasteiger partial charge >= 0.3 is 5.97 Å². The molecule has 6 nitrogen and oxygen atoms in total. The number of carbonyl (C=O) groups excluding carboxylic acids is 3. The molecule has 0 atom stereocenters. The molecule has 3 aromatic rings. The first-order valence-corrected chi connectivity index (χ1v) is 9.85. The highest BCUT2D eigenvalue weighted by Gasteiger charge is 2.26. The van der Waals surface area contributed by atoms with Gasteiger partial charge in [-0.3, -0.25) is 9.59 Å². The fourth-order valence-electron chi connectivity index (χ4n) is 2.66. The molecule has 0 spiro atoms. The summed E-state index contributed by atoms with van der Waals surface area (Å²) < 4.78 is 17.9. The second kappa shape index (κ2) is 9.06. The maximum absolute atomic E-state index is 13.1. The van der Waals surface area contributed by atoms with Crippen LogP contribution in [0.25, 0.3) is 0 Å². The molecule has 0 saturated carbocycles. The van der Waals surface area contributed by atoms with Crippen LogP contribution in [0.2, 0.25) is 5.02 Å². The number of thiophene rings is 1. The molecule has 2 aromatic carbocycles. The minimum atomic E-state index is -0.684. The van der Waals surface area contributed by atoms with E-state index in [1.165, 1.54) is 43.5 Å². The molecule has 9 heteroatoms. The van der Waals surface area contributed by atoms with Crippen molar-refractivity contribution >= 4 is 51.4 Å². The summed E-state index contributed by atoms with van der Waals surface area (Å²) in [6, 6.07) is 11.5. The monoisotopic (exact) mass is 446 g/mol. The highest BCUT2D eigenvalue weighted by molar-refractivity contribution is 7.19. The first-order valence-electron chi connectivity index (χ1n) is 8.65. The summed E-state index contributed by atoms with van der Waals surface area (Å²) in [6.07, 6.45) is 0. The van der Waals surface area contributed by atoms with E-state index in [-0.39, 0.29) is 15.4 Å². The van der Waals surface area contributed by atoms with Crippen LogP contribution in [-0.4, -0.2) is 24.9 Å². The average molecular weight is 447 g/mol. The lowest BCUT2D eigenvalue weighted by Crippen LogP contribution is -2.14. The largest absolute Gasteiger partial charge is 0.465 e. The Balaban J connectivity index is 1.91. The molecule has 2 N–H and O–H groups in total. The van der Waals surface area contributed by atoms with Crippen LogP contribution >= 0.6 is 22.9 Å². The van der Waals surface area contributed by atoms with Crippen molar-refractivity contribution in [3.63, 3.8) is 0 Å². The number of nitrogens with one attached hydrogen (secondary N) is 2. The lowest BCUT2D eigenvalue weighted by atomic mass is 10.1. The lowest BCUT2D eigenvalue weighted by molar-refractivity contribution is 0.0601. The van der Waals surface area contributed by atoms with Gasteiger partial charge in [0, 0.05) is 16.3 Å². The summed E-state index contributed by atoms with van der Waals surface area (Å²) in [5, 5.41) is 5.96. The summed E-state index contributed by atoms with van der Waals surface area (Å²) in [5.74, 6) is -2.08. The molecule has 1 aromatic heterocycles. The van der Waals surface area contributed by atoms with Crippen LogP contribution in [0.3, 0.4) is 0 Å². The van der Waals surface area contributed by atoms with Gasteiger partial charge in [0.25, 0.3) is 11.8 Å². The smallest absolute Gasteiger partial charge is 0.341 e. The van der Waals surface area contributed by atoms with Gasteiger partial charge in [0.1, 0.15) is 10.8 Å². The zero-order valence-corrected chi connectivity index (χ0v) is 17.5. The van der Waals surface area contributed by atoms with E-state index in [0.717, 1.165) is 11.3 Å². The molecule has 154 valence electrons. The molecule has 0 aliphatic rings. The van der Waals surface area contributed by atoms with Crippen LogP contribution in [0.15, 0.2) is 48.5 Å². The molecular formula is C21H16ClFN2O4S. The third-order valence-corrected chi connectivity index (χ3v) is 5.64. The number of amides is 2. The van der Waals surface area contributed by atoms with Gasteiger partial charge in [-0.15, -0.1) is 11.3 Å². The molecule has 0 radical (unpaired) electrons. The number of benzene rings is 2. The van der Waals surface area contributed by atoms with Gasteiger partial charge in [0.05, 0.1) is 17.6 Å². The first kappa shape index (κ1) is 21.5. The van der Waals surface area contributed by atoms with E-state index >= 15 is 0 Å². The van der Waals surface area contributed by atoms with Gasteiger partial charge < -0.3 is 15.4 Å². The van der Waals surface area contributed by atoms with Crippen molar-refractivity contribution in [2.75, 3.05) is 17.7 Å². The quantitative estimate of drug-likeness (QED) is 0.531. The van der Waals surface area contributed by atoms with Gasteiger partial charge in [-0.2, -0.15) is 0 Å². The predicted octanol–water partition coefficient (Wildman–Crippen LogP) is 5.14.